The van der Waals surface area contributed by atoms with Crippen LogP contribution in [-0.2, 0) is 0 Å². The summed E-state index contributed by atoms with van der Waals surface area (Å²) in [5, 5.41) is 0. The van der Waals surface area contributed by atoms with E-state index >= 15 is 0 Å². The first-order valence-corrected chi connectivity index (χ1v) is 7.05. The number of unbranched alkanes of at least 4 members (excludes halogenated alkanes) is 3. The van der Waals surface area contributed by atoms with Crippen LogP contribution >= 0.6 is 0 Å². The summed E-state index contributed by atoms with van der Waals surface area (Å²) in [7, 11) is 0. The molecule has 0 atom stereocenters. The van der Waals surface area contributed by atoms with E-state index in [0.717, 1.165) is 0 Å². The molecule has 80 valence electrons. The first kappa shape index (κ1) is 14.5. The van der Waals surface area contributed by atoms with Gasteiger partial charge in [0, 0.05) is 0 Å². The van der Waals surface area contributed by atoms with Gasteiger partial charge in [-0.05, 0) is 0 Å². The van der Waals surface area contributed by atoms with Gasteiger partial charge in [0.2, 0.25) is 0 Å². The molecule has 0 bridgehead atoms. The second kappa shape index (κ2) is 8.81. The van der Waals surface area contributed by atoms with Crippen molar-refractivity contribution in [2.75, 3.05) is 0 Å². The normalized spacial score (nSPS) is 12.1. The van der Waals surface area contributed by atoms with Gasteiger partial charge in [-0.2, -0.15) is 0 Å². The summed E-state index contributed by atoms with van der Waals surface area (Å²) in [6.07, 6.45) is 12.5. The molecule has 0 saturated heterocycles. The van der Waals surface area contributed by atoms with Gasteiger partial charge in [0.1, 0.15) is 0 Å². The van der Waals surface area contributed by atoms with Crippen LogP contribution in [0.1, 0.15) is 78.6 Å². The molecule has 0 fully saturated rings. The van der Waals surface area contributed by atoms with Crippen LogP contribution in [0.2, 0.25) is 4.28 Å². The Labute approximate surface area is 99.3 Å². The van der Waals surface area contributed by atoms with Gasteiger partial charge in [-0.15, -0.1) is 0 Å². The van der Waals surface area contributed by atoms with Gasteiger partial charge < -0.3 is 0 Å². The average molecular weight is 210 g/mol. The SMILES string of the molecule is CCCC[C]([Al+2])(CCCC)CCCC. The first-order chi connectivity index (χ1) is 6.68. The predicted octanol–water partition coefficient (Wildman–Crippen LogP) is 4.88. The maximum absolute atomic E-state index is 3.17. The van der Waals surface area contributed by atoms with Crippen LogP contribution < -0.4 is 0 Å². The van der Waals surface area contributed by atoms with Crippen LogP contribution in [0.15, 0.2) is 0 Å². The topological polar surface area (TPSA) is 0 Å². The average Bonchev–Trinajstić information content (AvgIpc) is 2.21. The fourth-order valence-electron chi connectivity index (χ4n) is 1.96. The van der Waals surface area contributed by atoms with Crippen LogP contribution in [0.5, 0.6) is 0 Å². The Kier molecular flexibility index (Phi) is 9.14. The van der Waals surface area contributed by atoms with E-state index in [2.05, 4.69) is 37.1 Å². The van der Waals surface area contributed by atoms with Crippen LogP contribution in [0.25, 0.3) is 0 Å². The van der Waals surface area contributed by atoms with E-state index < -0.39 is 0 Å². The van der Waals surface area contributed by atoms with Crippen molar-refractivity contribution in [3.63, 3.8) is 0 Å². The number of hydrogen-bond acceptors (Lipinski definition) is 0. The van der Waals surface area contributed by atoms with Gasteiger partial charge in [0.15, 0.2) is 0 Å². The van der Waals surface area contributed by atoms with E-state index in [0.29, 0.717) is 4.28 Å². The maximum atomic E-state index is 3.17. The molecular formula is C13H27Al+2. The minimum absolute atomic E-state index is 0.571. The third kappa shape index (κ3) is 6.91. The van der Waals surface area contributed by atoms with Crippen LogP contribution in [0, 0.1) is 0 Å². The number of hydrogen-bond donors (Lipinski definition) is 0. The zero-order chi connectivity index (χ0) is 10.9. The molecular weight excluding hydrogens is 183 g/mol. The summed E-state index contributed by atoms with van der Waals surface area (Å²) in [5.74, 6) is 0. The zero-order valence-corrected chi connectivity index (χ0v) is 11.6. The molecule has 0 heterocycles. The third-order valence-corrected chi connectivity index (χ3v) is 3.95. The first-order valence-electron chi connectivity index (χ1n) is 6.47. The molecule has 0 radical (unpaired) electrons. The van der Waals surface area contributed by atoms with Crippen molar-refractivity contribution in [3.05, 3.63) is 0 Å². The standard InChI is InChI=1S/C13H27.Al/c1-4-7-10-13(11-8-5-2)12-9-6-3;/h4-12H2,1-3H3;/q;+2. The van der Waals surface area contributed by atoms with E-state index in [-0.39, 0.29) is 0 Å². The van der Waals surface area contributed by atoms with Gasteiger partial charge in [-0.1, -0.05) is 0 Å². The summed E-state index contributed by atoms with van der Waals surface area (Å²) in [6.45, 7) is 6.89. The summed E-state index contributed by atoms with van der Waals surface area (Å²) in [5.41, 5.74) is 0. The fraction of sp³-hybridized carbons (Fsp3) is 1.00. The molecule has 14 heavy (non-hydrogen) atoms. The van der Waals surface area contributed by atoms with Gasteiger partial charge >= 0.3 is 99.1 Å². The van der Waals surface area contributed by atoms with Crippen molar-refractivity contribution in [2.45, 2.75) is 82.8 Å². The molecule has 0 aliphatic rings. The monoisotopic (exact) mass is 210 g/mol. The molecule has 0 spiro atoms. The van der Waals surface area contributed by atoms with Crippen LogP contribution in [-0.4, -0.2) is 16.3 Å². The van der Waals surface area contributed by atoms with Gasteiger partial charge in [0.05, 0.1) is 0 Å². The second-order valence-electron chi connectivity index (χ2n) is 4.67. The molecule has 0 aliphatic carbocycles. The van der Waals surface area contributed by atoms with Crippen molar-refractivity contribution in [1.82, 2.24) is 0 Å². The molecule has 0 aromatic rings. The molecule has 0 aliphatic heterocycles. The van der Waals surface area contributed by atoms with Crippen molar-refractivity contribution in [3.8, 4) is 0 Å². The van der Waals surface area contributed by atoms with Gasteiger partial charge in [-0.3, -0.25) is 0 Å². The summed E-state index contributed by atoms with van der Waals surface area (Å²) < 4.78 is 0.571. The molecule has 1 heteroatoms. The molecule has 0 rings (SSSR count). The number of rotatable bonds is 9. The van der Waals surface area contributed by atoms with E-state index in [9.17, 15) is 0 Å². The van der Waals surface area contributed by atoms with Gasteiger partial charge in [-0.25, -0.2) is 0 Å². The van der Waals surface area contributed by atoms with E-state index in [4.69, 9.17) is 0 Å². The minimum atomic E-state index is 0.571. The molecule has 0 N–H and O–H groups in total. The molecule has 0 unspecified atom stereocenters. The Morgan fingerprint density at radius 1 is 0.714 bits per heavy atom. The Hall–Kier alpha value is 0.532. The third-order valence-electron chi connectivity index (χ3n) is 3.08. The van der Waals surface area contributed by atoms with E-state index in [1.54, 1.807) is 0 Å². The molecule has 0 amide bonds. The zero-order valence-electron chi connectivity index (χ0n) is 10.4. The Morgan fingerprint density at radius 3 is 1.21 bits per heavy atom. The van der Waals surface area contributed by atoms with Crippen molar-refractivity contribution in [1.29, 1.82) is 0 Å². The molecule has 0 aromatic carbocycles. The molecule has 0 aromatic heterocycles. The van der Waals surface area contributed by atoms with Crippen molar-refractivity contribution < 1.29 is 0 Å². The van der Waals surface area contributed by atoms with Crippen molar-refractivity contribution >= 4 is 16.3 Å². The fourth-order valence-corrected chi connectivity index (χ4v) is 2.57. The predicted molar refractivity (Wildman–Crippen MR) is 67.0 cm³/mol. The van der Waals surface area contributed by atoms with Gasteiger partial charge in [0.25, 0.3) is 0 Å². The molecule has 0 saturated carbocycles. The Morgan fingerprint density at radius 2 is 1.00 bits per heavy atom. The van der Waals surface area contributed by atoms with E-state index in [1.807, 2.05) is 0 Å². The Bertz CT molecular complexity index is 98.6. The second-order valence-corrected chi connectivity index (χ2v) is 5.90. The quantitative estimate of drug-likeness (QED) is 0.476. The summed E-state index contributed by atoms with van der Waals surface area (Å²) >= 11 is 3.17. The van der Waals surface area contributed by atoms with E-state index in [1.165, 1.54) is 57.8 Å². The molecule has 0 nitrogen and oxygen atoms in total. The van der Waals surface area contributed by atoms with Crippen molar-refractivity contribution in [2.24, 2.45) is 0 Å². The Balaban J connectivity index is 3.89. The summed E-state index contributed by atoms with van der Waals surface area (Å²) in [4.78, 5) is 0. The summed E-state index contributed by atoms with van der Waals surface area (Å²) in [6, 6.07) is 0. The van der Waals surface area contributed by atoms with Crippen LogP contribution in [0.4, 0.5) is 0 Å². The van der Waals surface area contributed by atoms with Crippen LogP contribution in [0.3, 0.4) is 0 Å².